The van der Waals surface area contributed by atoms with Crippen molar-refractivity contribution < 1.29 is 18.4 Å². The summed E-state index contributed by atoms with van der Waals surface area (Å²) < 4.78 is 25.5. The molecule has 2 atom stereocenters. The number of aromatic nitrogens is 1. The van der Waals surface area contributed by atoms with Crippen LogP contribution in [-0.4, -0.2) is 21.1 Å². The van der Waals surface area contributed by atoms with Crippen LogP contribution in [0, 0.1) is 17.6 Å². The summed E-state index contributed by atoms with van der Waals surface area (Å²) >= 11 is 30.9. The van der Waals surface area contributed by atoms with Crippen molar-refractivity contribution >= 4 is 81.2 Å². The number of anilines is 2. The fraction of sp³-hybridized carbons (Fsp3) is 0.136. The van der Waals surface area contributed by atoms with Gasteiger partial charge >= 0.3 is 0 Å². The van der Waals surface area contributed by atoms with Crippen LogP contribution in [0.3, 0.4) is 0 Å². The zero-order chi connectivity index (χ0) is 24.8. The van der Waals surface area contributed by atoms with E-state index in [2.05, 4.69) is 15.6 Å². The minimum atomic E-state index is -1.38. The molecule has 0 bridgehead atoms. The smallest absolute Gasteiger partial charge is 0.277 e. The molecule has 0 saturated heterocycles. The molecule has 5 nitrogen and oxygen atoms in total. The lowest BCUT2D eigenvalue weighted by atomic mass is 10.1. The van der Waals surface area contributed by atoms with E-state index < -0.39 is 45.3 Å². The Hall–Kier alpha value is -2.16. The third-order valence-electron chi connectivity index (χ3n) is 5.08. The molecule has 0 aliphatic heterocycles. The average molecular weight is 566 g/mol. The van der Waals surface area contributed by atoms with Crippen LogP contribution in [0.5, 0.6) is 0 Å². The molecule has 12 heteroatoms. The maximum atomic E-state index is 13.9. The van der Waals surface area contributed by atoms with Gasteiger partial charge < -0.3 is 10.6 Å². The van der Waals surface area contributed by atoms with Crippen molar-refractivity contribution in [3.8, 4) is 0 Å². The summed E-state index contributed by atoms with van der Waals surface area (Å²) in [6, 6.07) is 9.60. The summed E-state index contributed by atoms with van der Waals surface area (Å²) in [5.41, 5.74) is 0.311. The van der Waals surface area contributed by atoms with Crippen molar-refractivity contribution in [2.75, 3.05) is 10.6 Å². The van der Waals surface area contributed by atoms with Crippen LogP contribution in [0.4, 0.5) is 20.2 Å². The molecule has 0 spiro atoms. The molecule has 4 rings (SSSR count). The van der Waals surface area contributed by atoms with Crippen LogP contribution in [0.1, 0.15) is 22.0 Å². The first-order valence-corrected chi connectivity index (χ1v) is 11.4. The third-order valence-corrected chi connectivity index (χ3v) is 6.79. The monoisotopic (exact) mass is 563 g/mol. The molecule has 2 N–H and O–H groups in total. The van der Waals surface area contributed by atoms with Crippen LogP contribution < -0.4 is 10.6 Å². The van der Waals surface area contributed by atoms with Gasteiger partial charge in [0.1, 0.15) is 10.2 Å². The maximum absolute atomic E-state index is 13.9. The Balaban J connectivity index is 1.51. The number of rotatable bonds is 5. The average Bonchev–Trinajstić information content (AvgIpc) is 3.32. The number of nitrogens with one attached hydrogen (secondary N) is 2. The third kappa shape index (κ3) is 5.09. The number of hydrogen-bond acceptors (Lipinski definition) is 3. The second-order valence-corrected chi connectivity index (χ2v) is 10.2. The number of carbonyl (C=O) groups is 2. The molecule has 2 aromatic carbocycles. The number of halogens is 7. The summed E-state index contributed by atoms with van der Waals surface area (Å²) in [4.78, 5) is 28.7. The number of amides is 2. The summed E-state index contributed by atoms with van der Waals surface area (Å²) in [7, 11) is 0. The van der Waals surface area contributed by atoms with E-state index in [1.54, 1.807) is 18.2 Å². The summed E-state index contributed by atoms with van der Waals surface area (Å²) in [6.07, 6.45) is 0.708. The van der Waals surface area contributed by atoms with Crippen molar-refractivity contribution in [2.24, 2.45) is 5.92 Å². The van der Waals surface area contributed by atoms with E-state index in [9.17, 15) is 18.4 Å². The number of alkyl halides is 2. The van der Waals surface area contributed by atoms with Crippen molar-refractivity contribution in [3.05, 3.63) is 86.6 Å². The Morgan fingerprint density at radius 1 is 0.941 bits per heavy atom. The Morgan fingerprint density at radius 2 is 1.62 bits per heavy atom. The minimum absolute atomic E-state index is 0.0620. The Kier molecular flexibility index (Phi) is 6.95. The fourth-order valence-corrected chi connectivity index (χ4v) is 5.04. The number of nitrogens with zero attached hydrogens (tertiary/aromatic N) is 1. The quantitative estimate of drug-likeness (QED) is 0.324. The molecule has 1 aliphatic carbocycles. The summed E-state index contributed by atoms with van der Waals surface area (Å²) in [6.45, 7) is 0. The van der Waals surface area contributed by atoms with Gasteiger partial charge in [0.15, 0.2) is 11.5 Å². The molecule has 0 radical (unpaired) electrons. The van der Waals surface area contributed by atoms with E-state index in [0.29, 0.717) is 27.9 Å². The van der Waals surface area contributed by atoms with Gasteiger partial charge in [-0.15, -0.1) is 23.2 Å². The van der Waals surface area contributed by atoms with Gasteiger partial charge in [0.05, 0.1) is 22.8 Å². The van der Waals surface area contributed by atoms with E-state index in [0.717, 1.165) is 0 Å². The highest BCUT2D eigenvalue weighted by Gasteiger charge is 2.67. The second-order valence-electron chi connectivity index (χ2n) is 7.45. The number of benzene rings is 2. The van der Waals surface area contributed by atoms with Gasteiger partial charge in [-0.05, 0) is 42.0 Å². The molecule has 1 fully saturated rings. The minimum Gasteiger partial charge on any atom is -0.326 e. The van der Waals surface area contributed by atoms with Crippen molar-refractivity contribution in [3.63, 3.8) is 0 Å². The normalized spacial score (nSPS) is 18.3. The molecular formula is C22H12Cl5F2N3O2. The number of carbonyl (C=O) groups excluding carboxylic acids is 2. The molecule has 1 aromatic heterocycles. The fourth-order valence-electron chi connectivity index (χ4n) is 3.50. The SMILES string of the molecule is O=C(Nc1cc(NC(=O)[C@H]2[C@H](c3cc(Cl)cc(Cl)c3)C2(Cl)Cl)ccc1Cl)c1ncc(F)cc1F. The zero-order valence-corrected chi connectivity index (χ0v) is 20.5. The molecule has 2 amide bonds. The molecule has 1 aliphatic rings. The Morgan fingerprint density at radius 3 is 2.26 bits per heavy atom. The van der Waals surface area contributed by atoms with Crippen LogP contribution in [0.25, 0.3) is 0 Å². The molecule has 1 heterocycles. The summed E-state index contributed by atoms with van der Waals surface area (Å²) in [5, 5.41) is 5.91. The Labute approximate surface area is 217 Å². The van der Waals surface area contributed by atoms with E-state index >= 15 is 0 Å². The highest BCUT2D eigenvalue weighted by atomic mass is 35.5. The predicted molar refractivity (Wildman–Crippen MR) is 129 cm³/mol. The highest BCUT2D eigenvalue weighted by molar-refractivity contribution is 6.53. The molecular weight excluding hydrogens is 554 g/mol. The van der Waals surface area contributed by atoms with Gasteiger partial charge in [0.2, 0.25) is 5.91 Å². The largest absolute Gasteiger partial charge is 0.326 e. The van der Waals surface area contributed by atoms with Crippen molar-refractivity contribution in [1.82, 2.24) is 4.98 Å². The first-order chi connectivity index (χ1) is 16.0. The van der Waals surface area contributed by atoms with Crippen molar-refractivity contribution in [1.29, 1.82) is 0 Å². The van der Waals surface area contributed by atoms with E-state index in [1.807, 2.05) is 0 Å². The lowest BCUT2D eigenvalue weighted by Gasteiger charge is -2.11. The topological polar surface area (TPSA) is 71.1 Å². The van der Waals surface area contributed by atoms with E-state index in [-0.39, 0.29) is 16.4 Å². The standard InChI is InChI=1S/C22H12Cl5F2N3O2/c23-10-3-9(4-11(24)5-10)17-18(22(17,26)27)20(33)31-13-1-2-14(25)16(7-13)32-21(34)19-15(29)6-12(28)8-30-19/h1-8,17-18H,(H,31,33)(H,32,34)/t17-,18+/m0/s1. The lowest BCUT2D eigenvalue weighted by molar-refractivity contribution is -0.117. The van der Waals surface area contributed by atoms with Crippen LogP contribution in [0.2, 0.25) is 15.1 Å². The van der Waals surface area contributed by atoms with Gasteiger partial charge in [0, 0.05) is 27.7 Å². The molecule has 0 unspecified atom stereocenters. The first-order valence-electron chi connectivity index (χ1n) is 9.54. The molecule has 1 saturated carbocycles. The van der Waals surface area contributed by atoms with E-state index in [1.165, 1.54) is 18.2 Å². The van der Waals surface area contributed by atoms with Gasteiger partial charge in [-0.2, -0.15) is 0 Å². The summed E-state index contributed by atoms with van der Waals surface area (Å²) in [5.74, 6) is -4.87. The Bertz CT molecular complexity index is 1300. The van der Waals surface area contributed by atoms with Crippen LogP contribution >= 0.6 is 58.0 Å². The van der Waals surface area contributed by atoms with Gasteiger partial charge in [-0.25, -0.2) is 13.8 Å². The van der Waals surface area contributed by atoms with Gasteiger partial charge in [-0.1, -0.05) is 34.8 Å². The zero-order valence-electron chi connectivity index (χ0n) is 16.7. The molecule has 3 aromatic rings. The molecule has 176 valence electrons. The lowest BCUT2D eigenvalue weighted by Crippen LogP contribution is -2.18. The predicted octanol–water partition coefficient (Wildman–Crippen LogP) is 7.10. The first kappa shape index (κ1) is 24.9. The highest BCUT2D eigenvalue weighted by Crippen LogP contribution is 2.65. The van der Waals surface area contributed by atoms with Crippen LogP contribution in [0.15, 0.2) is 48.7 Å². The second kappa shape index (κ2) is 9.47. The number of hydrogen-bond donors (Lipinski definition) is 2. The number of pyridine rings is 1. The van der Waals surface area contributed by atoms with Crippen LogP contribution in [-0.2, 0) is 4.79 Å². The van der Waals surface area contributed by atoms with Crippen molar-refractivity contribution in [2.45, 2.75) is 10.3 Å². The maximum Gasteiger partial charge on any atom is 0.277 e. The molecule has 34 heavy (non-hydrogen) atoms. The van der Waals surface area contributed by atoms with Gasteiger partial charge in [0.25, 0.3) is 5.91 Å². The van der Waals surface area contributed by atoms with Gasteiger partial charge in [-0.3, -0.25) is 9.59 Å². The van der Waals surface area contributed by atoms with E-state index in [4.69, 9.17) is 58.0 Å².